The van der Waals surface area contributed by atoms with Crippen molar-refractivity contribution in [3.63, 3.8) is 0 Å². The summed E-state index contributed by atoms with van der Waals surface area (Å²) in [7, 11) is 0. The molecule has 2 amide bonds. The minimum atomic E-state index is -0.133. The highest BCUT2D eigenvalue weighted by Crippen LogP contribution is 2.36. The molecule has 4 aromatic rings. The molecule has 0 aliphatic carbocycles. The number of amides is 2. The van der Waals surface area contributed by atoms with E-state index in [0.717, 1.165) is 25.7 Å². The number of carbonyl (C=O) groups excluding carboxylic acids is 2. The van der Waals surface area contributed by atoms with Gasteiger partial charge in [0.25, 0.3) is 5.91 Å². The number of hydrogen-bond donors (Lipinski definition) is 0. The van der Waals surface area contributed by atoms with Gasteiger partial charge in [-0.2, -0.15) is 0 Å². The van der Waals surface area contributed by atoms with Crippen LogP contribution in [0, 0.1) is 0 Å². The Morgan fingerprint density at radius 1 is 1.00 bits per heavy atom. The van der Waals surface area contributed by atoms with E-state index in [0.29, 0.717) is 37.7 Å². The fraction of sp³-hybridized carbons (Fsp3) is 0.217. The lowest BCUT2D eigenvalue weighted by atomic mass is 10.2. The molecule has 4 heterocycles. The molecule has 162 valence electrons. The number of aromatic nitrogens is 2. The number of benzene rings is 1. The van der Waals surface area contributed by atoms with Gasteiger partial charge >= 0.3 is 0 Å². The van der Waals surface area contributed by atoms with Crippen molar-refractivity contribution in [3.8, 4) is 10.4 Å². The lowest BCUT2D eigenvalue weighted by molar-refractivity contribution is -0.129. The van der Waals surface area contributed by atoms with Gasteiger partial charge < -0.3 is 14.2 Å². The molecule has 3 aromatic heterocycles. The summed E-state index contributed by atoms with van der Waals surface area (Å²) in [6, 6.07) is 15.6. The number of hydrogen-bond acceptors (Lipinski definition) is 7. The SMILES string of the molecule is O=C(CSc1ncnc2sc(-c3ccccc3)cc12)N1CCN(C(=O)c2ccco2)CC1. The van der Waals surface area contributed by atoms with Crippen molar-refractivity contribution in [1.82, 2.24) is 19.8 Å². The normalized spacial score (nSPS) is 14.1. The monoisotopic (exact) mass is 464 g/mol. The van der Waals surface area contributed by atoms with Crippen LogP contribution in [0.5, 0.6) is 0 Å². The Labute approximate surface area is 193 Å². The summed E-state index contributed by atoms with van der Waals surface area (Å²) in [5.41, 5.74) is 1.14. The Bertz CT molecular complexity index is 1230. The molecular weight excluding hydrogens is 444 g/mol. The number of piperazine rings is 1. The second-order valence-corrected chi connectivity index (χ2v) is 9.31. The van der Waals surface area contributed by atoms with Gasteiger partial charge in [-0.3, -0.25) is 9.59 Å². The summed E-state index contributed by atoms with van der Waals surface area (Å²) < 4.78 is 5.19. The Kier molecular flexibility index (Phi) is 5.91. The van der Waals surface area contributed by atoms with E-state index in [2.05, 4.69) is 28.2 Å². The van der Waals surface area contributed by atoms with E-state index in [9.17, 15) is 9.59 Å². The third-order valence-corrected chi connectivity index (χ3v) is 7.42. The zero-order chi connectivity index (χ0) is 21.9. The first-order valence-electron chi connectivity index (χ1n) is 10.2. The van der Waals surface area contributed by atoms with Gasteiger partial charge in [-0.15, -0.1) is 11.3 Å². The van der Waals surface area contributed by atoms with Gasteiger partial charge in [0.05, 0.1) is 12.0 Å². The molecule has 1 aliphatic heterocycles. The molecule has 0 atom stereocenters. The van der Waals surface area contributed by atoms with Crippen LogP contribution >= 0.6 is 23.1 Å². The molecule has 1 fully saturated rings. The van der Waals surface area contributed by atoms with Gasteiger partial charge in [-0.1, -0.05) is 42.1 Å². The van der Waals surface area contributed by atoms with E-state index < -0.39 is 0 Å². The molecule has 0 saturated carbocycles. The van der Waals surface area contributed by atoms with Gasteiger partial charge in [-0.05, 0) is 23.8 Å². The molecule has 0 spiro atoms. The highest BCUT2D eigenvalue weighted by Gasteiger charge is 2.26. The van der Waals surface area contributed by atoms with Gasteiger partial charge in [0.2, 0.25) is 5.91 Å². The molecule has 5 rings (SSSR count). The Morgan fingerprint density at radius 3 is 2.53 bits per heavy atom. The summed E-state index contributed by atoms with van der Waals surface area (Å²) in [4.78, 5) is 39.6. The molecule has 0 N–H and O–H groups in total. The molecule has 32 heavy (non-hydrogen) atoms. The first-order valence-corrected chi connectivity index (χ1v) is 12.0. The highest BCUT2D eigenvalue weighted by atomic mass is 32.2. The average molecular weight is 465 g/mol. The van der Waals surface area contributed by atoms with Crippen molar-refractivity contribution in [2.24, 2.45) is 0 Å². The first kappa shape index (κ1) is 20.7. The van der Waals surface area contributed by atoms with Crippen LogP contribution in [0.1, 0.15) is 10.6 Å². The Morgan fingerprint density at radius 2 is 1.78 bits per heavy atom. The number of nitrogens with zero attached hydrogens (tertiary/aromatic N) is 4. The van der Waals surface area contributed by atoms with Crippen molar-refractivity contribution in [3.05, 3.63) is 66.9 Å². The molecule has 1 saturated heterocycles. The lowest BCUT2D eigenvalue weighted by Crippen LogP contribution is -2.51. The number of fused-ring (bicyclic) bond motifs is 1. The number of carbonyl (C=O) groups is 2. The quantitative estimate of drug-likeness (QED) is 0.328. The zero-order valence-electron chi connectivity index (χ0n) is 17.1. The summed E-state index contributed by atoms with van der Waals surface area (Å²) in [5, 5.41) is 1.79. The van der Waals surface area contributed by atoms with Crippen molar-refractivity contribution in [2.75, 3.05) is 31.9 Å². The summed E-state index contributed by atoms with van der Waals surface area (Å²) >= 11 is 3.06. The Balaban J connectivity index is 1.21. The van der Waals surface area contributed by atoms with Gasteiger partial charge in [-0.25, -0.2) is 9.97 Å². The van der Waals surface area contributed by atoms with E-state index >= 15 is 0 Å². The van der Waals surface area contributed by atoms with E-state index in [-0.39, 0.29) is 11.8 Å². The average Bonchev–Trinajstić information content (AvgIpc) is 3.53. The fourth-order valence-corrected chi connectivity index (χ4v) is 5.57. The smallest absolute Gasteiger partial charge is 0.289 e. The third kappa shape index (κ3) is 4.26. The molecule has 9 heteroatoms. The van der Waals surface area contributed by atoms with Crippen molar-refractivity contribution >= 4 is 45.1 Å². The van der Waals surface area contributed by atoms with E-state index in [1.54, 1.807) is 39.6 Å². The number of rotatable bonds is 5. The molecule has 0 radical (unpaired) electrons. The second kappa shape index (κ2) is 9.13. The second-order valence-electron chi connectivity index (χ2n) is 7.31. The van der Waals surface area contributed by atoms with Crippen LogP contribution in [0.25, 0.3) is 20.7 Å². The minimum Gasteiger partial charge on any atom is -0.459 e. The highest BCUT2D eigenvalue weighted by molar-refractivity contribution is 8.00. The molecule has 0 unspecified atom stereocenters. The van der Waals surface area contributed by atoms with Crippen LogP contribution in [0.4, 0.5) is 0 Å². The van der Waals surface area contributed by atoms with E-state index in [1.807, 2.05) is 18.2 Å². The maximum atomic E-state index is 12.8. The molecule has 0 bridgehead atoms. The third-order valence-electron chi connectivity index (χ3n) is 5.34. The minimum absolute atomic E-state index is 0.0466. The van der Waals surface area contributed by atoms with Crippen molar-refractivity contribution < 1.29 is 14.0 Å². The zero-order valence-corrected chi connectivity index (χ0v) is 18.8. The topological polar surface area (TPSA) is 79.5 Å². The molecule has 7 nitrogen and oxygen atoms in total. The lowest BCUT2D eigenvalue weighted by Gasteiger charge is -2.34. The van der Waals surface area contributed by atoms with Crippen molar-refractivity contribution in [2.45, 2.75) is 5.03 Å². The van der Waals surface area contributed by atoms with Crippen molar-refractivity contribution in [1.29, 1.82) is 0 Å². The summed E-state index contributed by atoms with van der Waals surface area (Å²) in [5.74, 6) is 0.546. The first-order chi connectivity index (χ1) is 15.7. The summed E-state index contributed by atoms with van der Waals surface area (Å²) in [6.45, 7) is 2.03. The predicted octanol–water partition coefficient (Wildman–Crippen LogP) is 4.03. The number of thiophene rings is 1. The Hall–Kier alpha value is -3.17. The van der Waals surface area contributed by atoms with Crippen LogP contribution < -0.4 is 0 Å². The van der Waals surface area contributed by atoms with E-state index in [1.165, 1.54) is 18.0 Å². The summed E-state index contributed by atoms with van der Waals surface area (Å²) in [6.07, 6.45) is 3.05. The molecule has 1 aromatic carbocycles. The maximum Gasteiger partial charge on any atom is 0.289 e. The van der Waals surface area contributed by atoms with Gasteiger partial charge in [0.1, 0.15) is 16.2 Å². The van der Waals surface area contributed by atoms with Gasteiger partial charge in [0.15, 0.2) is 5.76 Å². The van der Waals surface area contributed by atoms with Crippen LogP contribution in [0.2, 0.25) is 0 Å². The fourth-order valence-electron chi connectivity index (χ4n) is 3.63. The number of thioether (sulfide) groups is 1. The predicted molar refractivity (Wildman–Crippen MR) is 125 cm³/mol. The van der Waals surface area contributed by atoms with Gasteiger partial charge in [0, 0.05) is 36.4 Å². The van der Waals surface area contributed by atoms with E-state index in [4.69, 9.17) is 4.42 Å². The van der Waals surface area contributed by atoms with Crippen LogP contribution in [-0.2, 0) is 4.79 Å². The maximum absolute atomic E-state index is 12.8. The molecular formula is C23H20N4O3S2. The number of furan rings is 1. The largest absolute Gasteiger partial charge is 0.459 e. The van der Waals surface area contributed by atoms with Crippen LogP contribution in [-0.4, -0.2) is 63.5 Å². The molecule has 1 aliphatic rings. The van der Waals surface area contributed by atoms with Crippen LogP contribution in [0.3, 0.4) is 0 Å². The van der Waals surface area contributed by atoms with Crippen LogP contribution in [0.15, 0.2) is 70.6 Å². The standard InChI is InChI=1S/C23H20N4O3S2/c28-20(26-8-10-27(11-9-26)23(29)18-7-4-12-30-18)14-31-21-17-13-19(16-5-2-1-3-6-16)32-22(17)25-15-24-21/h1-7,12-13,15H,8-11,14H2.